The van der Waals surface area contributed by atoms with Crippen LogP contribution in [0.5, 0.6) is 5.88 Å². The number of ether oxygens (including phenoxy) is 1. The molecular weight excluding hydrogens is 571 g/mol. The van der Waals surface area contributed by atoms with E-state index in [1.165, 1.54) is 12.3 Å². The van der Waals surface area contributed by atoms with E-state index >= 15 is 0 Å². The molecule has 13 heteroatoms. The molecule has 220 valence electrons. The van der Waals surface area contributed by atoms with E-state index in [9.17, 15) is 27.6 Å². The summed E-state index contributed by atoms with van der Waals surface area (Å²) in [5.41, 5.74) is 3.76. The number of hydrogen-bond acceptors (Lipinski definition) is 7. The van der Waals surface area contributed by atoms with Crippen molar-refractivity contribution >= 4 is 23.0 Å². The molecule has 3 aromatic heterocycles. The molecule has 0 bridgehead atoms. The number of carboxylic acid groups (broad SMARTS) is 1. The van der Waals surface area contributed by atoms with E-state index in [4.69, 9.17) is 4.74 Å². The third kappa shape index (κ3) is 5.20. The van der Waals surface area contributed by atoms with Gasteiger partial charge < -0.3 is 14.4 Å². The molecule has 9 nitrogen and oxygen atoms in total. The number of aromatic nitrogens is 4. The lowest BCUT2D eigenvalue weighted by Crippen LogP contribution is -2.38. The quantitative estimate of drug-likeness (QED) is 0.304. The van der Waals surface area contributed by atoms with Gasteiger partial charge >= 0.3 is 12.1 Å². The molecule has 2 aliphatic rings. The third-order valence-electron chi connectivity index (χ3n) is 7.97. The summed E-state index contributed by atoms with van der Waals surface area (Å²) in [6, 6.07) is 10.7. The van der Waals surface area contributed by atoms with E-state index in [-0.39, 0.29) is 12.1 Å². The first kappa shape index (κ1) is 28.4. The van der Waals surface area contributed by atoms with E-state index in [0.717, 1.165) is 34.1 Å². The first-order chi connectivity index (χ1) is 19.8. The predicted octanol–water partition coefficient (Wildman–Crippen LogP) is 5.12. The Balaban J connectivity index is 1.37. The largest absolute Gasteiger partial charge is 0.593 e. The lowest BCUT2D eigenvalue weighted by atomic mass is 9.85. The van der Waals surface area contributed by atoms with Crippen molar-refractivity contribution in [1.29, 1.82) is 0 Å². The number of alkyl halides is 3. The van der Waals surface area contributed by atoms with Crippen LogP contribution in [0.25, 0.3) is 5.65 Å². The number of hydrogen-bond donors (Lipinski definition) is 1. The van der Waals surface area contributed by atoms with Gasteiger partial charge in [-0.3, -0.25) is 9.20 Å². The van der Waals surface area contributed by atoms with Gasteiger partial charge in [0.05, 0.1) is 30.9 Å². The predicted molar refractivity (Wildman–Crippen MR) is 146 cm³/mol. The van der Waals surface area contributed by atoms with Gasteiger partial charge in [0.2, 0.25) is 10.7 Å². The zero-order valence-corrected chi connectivity index (χ0v) is 23.9. The first-order valence-corrected chi connectivity index (χ1v) is 14.5. The molecule has 1 aliphatic carbocycles. The number of carboxylic acids is 1. The third-order valence-corrected chi connectivity index (χ3v) is 9.38. The molecule has 6 rings (SSSR count). The highest BCUT2D eigenvalue weighted by atomic mass is 32.2. The van der Waals surface area contributed by atoms with Crippen LogP contribution < -0.4 is 4.74 Å². The minimum Gasteiger partial charge on any atom is -0.593 e. The highest BCUT2D eigenvalue weighted by Crippen LogP contribution is 2.46. The Bertz CT molecular complexity index is 1700. The maximum absolute atomic E-state index is 13.8. The monoisotopic (exact) mass is 599 g/mol. The molecule has 2 unspecified atom stereocenters. The Kier molecular flexibility index (Phi) is 6.94. The Morgan fingerprint density at radius 3 is 2.62 bits per heavy atom. The number of nitrogens with zero attached hydrogens (tertiary/aromatic N) is 5. The average molecular weight is 600 g/mol. The molecular formula is C29H28F3N5O4S. The van der Waals surface area contributed by atoms with Crippen LogP contribution in [0.3, 0.4) is 0 Å². The van der Waals surface area contributed by atoms with Crippen molar-refractivity contribution in [1.82, 2.24) is 23.9 Å². The van der Waals surface area contributed by atoms with Crippen LogP contribution >= 0.6 is 0 Å². The maximum Gasteiger partial charge on any atom is 0.452 e. The second-order valence-corrected chi connectivity index (χ2v) is 12.5. The van der Waals surface area contributed by atoms with E-state index in [1.54, 1.807) is 19.1 Å². The topological polar surface area (TPSA) is 116 Å². The Morgan fingerprint density at radius 2 is 1.93 bits per heavy atom. The molecule has 4 aromatic rings. The van der Waals surface area contributed by atoms with E-state index in [1.807, 2.05) is 36.4 Å². The van der Waals surface area contributed by atoms with Crippen molar-refractivity contribution < 1.29 is 32.4 Å². The van der Waals surface area contributed by atoms with Crippen LogP contribution in [0, 0.1) is 20.8 Å². The number of aliphatic carboxylic acids is 1. The summed E-state index contributed by atoms with van der Waals surface area (Å²) in [5.74, 6) is -2.47. The molecule has 0 radical (unpaired) electrons. The second-order valence-electron chi connectivity index (χ2n) is 11.0. The van der Waals surface area contributed by atoms with Crippen LogP contribution in [0.4, 0.5) is 13.2 Å². The van der Waals surface area contributed by atoms with E-state index in [0.29, 0.717) is 40.6 Å². The van der Waals surface area contributed by atoms with Gasteiger partial charge in [-0.15, -0.1) is 14.5 Å². The highest BCUT2D eigenvalue weighted by Gasteiger charge is 2.53. The van der Waals surface area contributed by atoms with Crippen molar-refractivity contribution in [2.24, 2.45) is 0 Å². The van der Waals surface area contributed by atoms with Crippen molar-refractivity contribution in [3.8, 4) is 5.88 Å². The Hall–Kier alpha value is -3.68. The Morgan fingerprint density at radius 1 is 1.17 bits per heavy atom. The number of benzene rings is 1. The fourth-order valence-corrected chi connectivity index (χ4v) is 6.82. The van der Waals surface area contributed by atoms with Gasteiger partial charge in [-0.2, -0.15) is 13.2 Å². The van der Waals surface area contributed by atoms with Crippen molar-refractivity contribution in [3.05, 3.63) is 81.9 Å². The molecule has 1 spiro atoms. The molecule has 1 aliphatic heterocycles. The van der Waals surface area contributed by atoms with Gasteiger partial charge in [0.25, 0.3) is 5.88 Å². The maximum atomic E-state index is 13.8. The zero-order chi connectivity index (χ0) is 30.0. The minimum absolute atomic E-state index is 0.0137. The van der Waals surface area contributed by atoms with Crippen LogP contribution in [-0.2, 0) is 28.9 Å². The normalized spacial score (nSPS) is 18.9. The van der Waals surface area contributed by atoms with Gasteiger partial charge in [0.15, 0.2) is 5.65 Å². The second kappa shape index (κ2) is 10.2. The number of fused-ring (bicyclic) bond motifs is 2. The van der Waals surface area contributed by atoms with Crippen LogP contribution in [-0.4, -0.2) is 51.7 Å². The molecule has 0 saturated heterocycles. The summed E-state index contributed by atoms with van der Waals surface area (Å²) >= 11 is -1.54. The molecule has 1 aromatic carbocycles. The number of carbonyl (C=O) groups is 1. The standard InChI is InChI=1S/C29H28F3N5O4S/c1-16-4-6-19(22(13-24(38)39)21-8-11-37-25(18(21)3)34-35-27(37)29(30,31)32)12-20(16)14-36-15-28(9-10-28)41-26-23(42(36)40)7-5-17(2)33-26/h4-8,11-12,22H,9-10,13-15H2,1-3H3,(H,38,39). The molecule has 4 heterocycles. The summed E-state index contributed by atoms with van der Waals surface area (Å²) in [4.78, 5) is 17.0. The first-order valence-electron chi connectivity index (χ1n) is 13.4. The fourth-order valence-electron chi connectivity index (χ4n) is 5.52. The summed E-state index contributed by atoms with van der Waals surface area (Å²) in [6.45, 7) is 6.17. The summed E-state index contributed by atoms with van der Waals surface area (Å²) in [5, 5.41) is 16.9. The molecule has 1 saturated carbocycles. The smallest absolute Gasteiger partial charge is 0.452 e. The SMILES string of the molecule is Cc1ccc2c(n1)OC1(CC1)CN(Cc1cc(C(CC(=O)O)c3ccn4c(C(F)(F)F)nnc4c3C)ccc1C)[S+]2[O-]. The number of aryl methyl sites for hydroxylation is 3. The summed E-state index contributed by atoms with van der Waals surface area (Å²) in [6.07, 6.45) is -2.09. The summed E-state index contributed by atoms with van der Waals surface area (Å²) in [7, 11) is 0. The van der Waals surface area contributed by atoms with E-state index < -0.39 is 40.9 Å². The molecule has 0 amide bonds. The Labute approximate surface area is 242 Å². The fraction of sp³-hybridized carbons (Fsp3) is 0.379. The number of rotatable bonds is 6. The molecule has 42 heavy (non-hydrogen) atoms. The average Bonchev–Trinajstić information content (AvgIpc) is 3.53. The van der Waals surface area contributed by atoms with Crippen molar-refractivity contribution in [3.63, 3.8) is 0 Å². The number of pyridine rings is 2. The van der Waals surface area contributed by atoms with Crippen LogP contribution in [0.2, 0.25) is 0 Å². The van der Waals surface area contributed by atoms with Gasteiger partial charge in [0.1, 0.15) is 5.60 Å². The van der Waals surface area contributed by atoms with Crippen molar-refractivity contribution in [2.45, 2.75) is 69.2 Å². The minimum atomic E-state index is -4.69. The van der Waals surface area contributed by atoms with Gasteiger partial charge in [0, 0.05) is 23.9 Å². The molecule has 2 atom stereocenters. The number of halogens is 3. The highest BCUT2D eigenvalue weighted by molar-refractivity contribution is 7.89. The van der Waals surface area contributed by atoms with E-state index in [2.05, 4.69) is 15.2 Å². The van der Waals surface area contributed by atoms with Crippen molar-refractivity contribution in [2.75, 3.05) is 6.54 Å². The van der Waals surface area contributed by atoms with Gasteiger partial charge in [-0.25, -0.2) is 4.98 Å². The van der Waals surface area contributed by atoms with Crippen LogP contribution in [0.15, 0.2) is 47.5 Å². The molecule has 1 N–H and O–H groups in total. The van der Waals surface area contributed by atoms with Gasteiger partial charge in [-0.1, -0.05) is 18.2 Å². The summed E-state index contributed by atoms with van der Waals surface area (Å²) < 4.78 is 63.0. The van der Waals surface area contributed by atoms with Crippen LogP contribution in [0.1, 0.15) is 64.5 Å². The zero-order valence-electron chi connectivity index (χ0n) is 23.1. The lowest BCUT2D eigenvalue weighted by molar-refractivity contribution is -0.145. The molecule has 1 fully saturated rings. The lowest BCUT2D eigenvalue weighted by Gasteiger charge is -2.25. The van der Waals surface area contributed by atoms with Gasteiger partial charge in [-0.05, 0) is 73.6 Å².